The van der Waals surface area contributed by atoms with Crippen molar-refractivity contribution in [1.82, 2.24) is 15.1 Å². The average Bonchev–Trinajstić information content (AvgIpc) is 3.38. The molecule has 4 rings (SSSR count). The predicted octanol–water partition coefficient (Wildman–Crippen LogP) is 3.20. The van der Waals surface area contributed by atoms with Gasteiger partial charge in [0.2, 0.25) is 0 Å². The van der Waals surface area contributed by atoms with Crippen molar-refractivity contribution in [3.63, 3.8) is 0 Å². The van der Waals surface area contributed by atoms with Gasteiger partial charge in [-0.2, -0.15) is 0 Å². The fourth-order valence-electron chi connectivity index (χ4n) is 4.95. The molecular formula is C26H33ClN4O4S. The maximum Gasteiger partial charge on any atom is 0.293 e. The Morgan fingerprint density at radius 1 is 1.17 bits per heavy atom. The highest BCUT2D eigenvalue weighted by molar-refractivity contribution is 7.18. The predicted molar refractivity (Wildman–Crippen MR) is 142 cm³/mol. The molecule has 0 bridgehead atoms. The number of amides is 2. The van der Waals surface area contributed by atoms with Gasteiger partial charge in [0.15, 0.2) is 0 Å². The minimum absolute atomic E-state index is 0.263. The van der Waals surface area contributed by atoms with Crippen LogP contribution < -0.4 is 10.6 Å². The lowest BCUT2D eigenvalue weighted by atomic mass is 9.96. The van der Waals surface area contributed by atoms with E-state index in [9.17, 15) is 14.4 Å². The maximum atomic E-state index is 13.8. The number of thiophene rings is 1. The molecule has 1 saturated heterocycles. The maximum absolute atomic E-state index is 13.8. The number of nitrogens with one attached hydrogen (secondary N) is 2. The summed E-state index contributed by atoms with van der Waals surface area (Å²) in [7, 11) is 2.12. The molecule has 1 unspecified atom stereocenters. The average molecular weight is 533 g/mol. The summed E-state index contributed by atoms with van der Waals surface area (Å²) in [4.78, 5) is 42.6. The van der Waals surface area contributed by atoms with Gasteiger partial charge in [0.1, 0.15) is 11.1 Å². The van der Waals surface area contributed by atoms with Gasteiger partial charge in [0.05, 0.1) is 9.21 Å². The number of anilines is 1. The fourth-order valence-corrected chi connectivity index (χ4v) is 5.89. The number of likely N-dealkylation sites (tertiary alicyclic amines) is 1. The lowest BCUT2D eigenvalue weighted by Gasteiger charge is -2.32. The number of ether oxygens (including phenoxy) is 1. The number of rotatable bonds is 8. The van der Waals surface area contributed by atoms with Crippen molar-refractivity contribution in [3.05, 3.63) is 50.7 Å². The van der Waals surface area contributed by atoms with Crippen LogP contribution in [0.5, 0.6) is 0 Å². The molecule has 194 valence electrons. The van der Waals surface area contributed by atoms with Gasteiger partial charge >= 0.3 is 0 Å². The summed E-state index contributed by atoms with van der Waals surface area (Å²) in [6.07, 6.45) is 2.34. The molecule has 1 aromatic heterocycles. The first kappa shape index (κ1) is 26.6. The van der Waals surface area contributed by atoms with Crippen molar-refractivity contribution in [1.29, 1.82) is 0 Å². The van der Waals surface area contributed by atoms with Crippen LogP contribution in [0.15, 0.2) is 30.3 Å². The Balaban J connectivity index is 1.55. The van der Waals surface area contributed by atoms with Crippen molar-refractivity contribution in [2.45, 2.75) is 44.2 Å². The second kappa shape index (κ2) is 10.9. The van der Waals surface area contributed by atoms with E-state index in [0.29, 0.717) is 41.7 Å². The van der Waals surface area contributed by atoms with Gasteiger partial charge in [-0.05, 0) is 75.5 Å². The Bertz CT molecular complexity index is 1140. The molecule has 10 heteroatoms. The number of halogens is 1. The summed E-state index contributed by atoms with van der Waals surface area (Å²) in [5.41, 5.74) is 1.41. The molecule has 0 saturated carbocycles. The Morgan fingerprint density at radius 2 is 1.92 bits per heavy atom. The van der Waals surface area contributed by atoms with E-state index in [1.165, 1.54) is 22.5 Å². The van der Waals surface area contributed by atoms with E-state index in [0.717, 1.165) is 31.6 Å². The fraction of sp³-hybridized carbons (Fsp3) is 0.500. The highest BCUT2D eigenvalue weighted by atomic mass is 35.5. The highest BCUT2D eigenvalue weighted by Gasteiger charge is 2.47. The number of nitrogens with zero attached hydrogens (tertiary/aromatic N) is 2. The van der Waals surface area contributed by atoms with Crippen molar-refractivity contribution in [3.8, 4) is 0 Å². The summed E-state index contributed by atoms with van der Waals surface area (Å²) >= 11 is 7.21. The molecule has 2 aromatic rings. The van der Waals surface area contributed by atoms with E-state index in [1.807, 2.05) is 24.8 Å². The van der Waals surface area contributed by atoms with Gasteiger partial charge in [0, 0.05) is 38.4 Å². The standard InChI is InChI=1S/C26H33ClN4O4S/c1-25(2,35-17-32)15-31-13-10-26(16-31,29-23(33)21-6-7-22(27)36-21)24(34)28-20-5-4-18-8-11-30(3)12-9-19(18)14-20/h4-7,14,17H,8-13,15-16H2,1-3H3,(H,28,34)(H,29,33). The molecule has 2 amide bonds. The summed E-state index contributed by atoms with van der Waals surface area (Å²) in [5.74, 6) is -0.599. The topological polar surface area (TPSA) is 91.0 Å². The second-order valence-electron chi connectivity index (χ2n) is 10.3. The molecule has 2 aliphatic rings. The van der Waals surface area contributed by atoms with Gasteiger partial charge in [-0.3, -0.25) is 19.3 Å². The summed E-state index contributed by atoms with van der Waals surface area (Å²) in [6.45, 7) is 7.37. The Hall–Kier alpha value is -2.46. The minimum Gasteiger partial charge on any atom is -0.461 e. The van der Waals surface area contributed by atoms with Gasteiger partial charge < -0.3 is 20.3 Å². The third-order valence-corrected chi connectivity index (χ3v) is 8.12. The van der Waals surface area contributed by atoms with Crippen molar-refractivity contribution in [2.75, 3.05) is 45.1 Å². The zero-order chi connectivity index (χ0) is 25.9. The van der Waals surface area contributed by atoms with Gasteiger partial charge in [0.25, 0.3) is 18.3 Å². The molecule has 0 aliphatic carbocycles. The Labute approximate surface area is 220 Å². The van der Waals surface area contributed by atoms with Gasteiger partial charge in [-0.25, -0.2) is 0 Å². The van der Waals surface area contributed by atoms with Crippen LogP contribution in [0.2, 0.25) is 4.34 Å². The number of carbonyl (C=O) groups excluding carboxylic acids is 3. The lowest BCUT2D eigenvalue weighted by molar-refractivity contribution is -0.141. The molecule has 1 atom stereocenters. The monoisotopic (exact) mass is 532 g/mol. The van der Waals surface area contributed by atoms with E-state index in [2.05, 4.69) is 34.7 Å². The first-order chi connectivity index (χ1) is 17.1. The van der Waals surface area contributed by atoms with Crippen LogP contribution in [0.3, 0.4) is 0 Å². The number of likely N-dealkylation sites (N-methyl/N-ethyl adjacent to an activating group) is 1. The number of carbonyl (C=O) groups is 3. The molecule has 1 fully saturated rings. The third kappa shape index (κ3) is 6.26. The Kier molecular flexibility index (Phi) is 8.04. The van der Waals surface area contributed by atoms with E-state index in [-0.39, 0.29) is 11.8 Å². The third-order valence-electron chi connectivity index (χ3n) is 6.89. The highest BCUT2D eigenvalue weighted by Crippen LogP contribution is 2.29. The van der Waals surface area contributed by atoms with Crippen LogP contribution >= 0.6 is 22.9 Å². The van der Waals surface area contributed by atoms with E-state index < -0.39 is 11.1 Å². The van der Waals surface area contributed by atoms with E-state index in [4.69, 9.17) is 16.3 Å². The summed E-state index contributed by atoms with van der Waals surface area (Å²) < 4.78 is 5.72. The SMILES string of the molecule is CN1CCc2ccc(NC(=O)C3(NC(=O)c4ccc(Cl)s4)CCN(CC(C)(C)OC=O)C3)cc2CC1. The number of benzene rings is 1. The van der Waals surface area contributed by atoms with E-state index in [1.54, 1.807) is 12.1 Å². The molecule has 0 spiro atoms. The second-order valence-corrected chi connectivity index (χ2v) is 12.0. The number of hydrogen-bond donors (Lipinski definition) is 2. The molecule has 2 N–H and O–H groups in total. The molecule has 36 heavy (non-hydrogen) atoms. The number of hydrogen-bond acceptors (Lipinski definition) is 7. The zero-order valence-corrected chi connectivity index (χ0v) is 22.5. The van der Waals surface area contributed by atoms with E-state index >= 15 is 0 Å². The van der Waals surface area contributed by atoms with Crippen LogP contribution in [0, 0.1) is 0 Å². The van der Waals surface area contributed by atoms with Crippen LogP contribution in [0.4, 0.5) is 5.69 Å². The minimum atomic E-state index is -1.14. The van der Waals surface area contributed by atoms with Crippen LogP contribution in [0.1, 0.15) is 41.1 Å². The summed E-state index contributed by atoms with van der Waals surface area (Å²) in [6, 6.07) is 9.40. The van der Waals surface area contributed by atoms with Crippen molar-refractivity contribution >= 4 is 46.9 Å². The smallest absolute Gasteiger partial charge is 0.293 e. The Morgan fingerprint density at radius 3 is 2.61 bits per heavy atom. The molecule has 2 aliphatic heterocycles. The normalized spacial score (nSPS) is 20.9. The zero-order valence-electron chi connectivity index (χ0n) is 20.9. The summed E-state index contributed by atoms with van der Waals surface area (Å²) in [5, 5.41) is 6.08. The van der Waals surface area contributed by atoms with Crippen molar-refractivity contribution in [2.24, 2.45) is 0 Å². The lowest BCUT2D eigenvalue weighted by Crippen LogP contribution is -2.58. The van der Waals surface area contributed by atoms with Gasteiger partial charge in [-0.1, -0.05) is 17.7 Å². The van der Waals surface area contributed by atoms with Gasteiger partial charge in [-0.15, -0.1) is 11.3 Å². The molecule has 1 aromatic carbocycles. The molecule has 3 heterocycles. The van der Waals surface area contributed by atoms with Crippen LogP contribution in [-0.2, 0) is 27.2 Å². The van der Waals surface area contributed by atoms with Crippen LogP contribution in [-0.4, -0.2) is 79.0 Å². The van der Waals surface area contributed by atoms with Crippen LogP contribution in [0.25, 0.3) is 0 Å². The molecular weight excluding hydrogens is 500 g/mol. The molecule has 0 radical (unpaired) electrons. The number of fused-ring (bicyclic) bond motifs is 1. The quantitative estimate of drug-likeness (QED) is 0.507. The first-order valence-corrected chi connectivity index (χ1v) is 13.3. The molecule has 8 nitrogen and oxygen atoms in total. The largest absolute Gasteiger partial charge is 0.461 e. The van der Waals surface area contributed by atoms with Crippen molar-refractivity contribution < 1.29 is 19.1 Å². The first-order valence-electron chi connectivity index (χ1n) is 12.1.